The normalized spacial score (nSPS) is 11.6. The Morgan fingerprint density at radius 3 is 2.80 bits per heavy atom. The van der Waals surface area contributed by atoms with Gasteiger partial charge in [-0.05, 0) is 30.2 Å². The molecule has 5 nitrogen and oxygen atoms in total. The zero-order chi connectivity index (χ0) is 14.8. The molecule has 8 heteroatoms. The number of alkyl halides is 3. The van der Waals surface area contributed by atoms with Gasteiger partial charge in [0, 0.05) is 23.6 Å². The van der Waals surface area contributed by atoms with Gasteiger partial charge in [0.05, 0.1) is 0 Å². The minimum absolute atomic E-state index is 0.173. The molecule has 2 rings (SSSR count). The maximum Gasteiger partial charge on any atom is 0.573 e. The van der Waals surface area contributed by atoms with E-state index in [9.17, 15) is 18.0 Å². The van der Waals surface area contributed by atoms with Crippen LogP contribution in [0.3, 0.4) is 0 Å². The third-order valence-corrected chi connectivity index (χ3v) is 2.64. The topological polar surface area (TPSA) is 74.4 Å². The Labute approximate surface area is 111 Å². The van der Waals surface area contributed by atoms with Crippen molar-refractivity contribution < 1.29 is 27.8 Å². The van der Waals surface area contributed by atoms with Crippen molar-refractivity contribution in [2.75, 3.05) is 6.54 Å². The monoisotopic (exact) mass is 288 g/mol. The number of ether oxygens (including phenoxy) is 1. The Bertz CT molecular complexity index is 622. The summed E-state index contributed by atoms with van der Waals surface area (Å²) in [5.41, 5.74) is 1.37. The first-order valence-electron chi connectivity index (χ1n) is 5.68. The van der Waals surface area contributed by atoms with Gasteiger partial charge in [0.2, 0.25) is 0 Å². The molecule has 0 aliphatic heterocycles. The molecule has 2 aromatic rings. The van der Waals surface area contributed by atoms with Crippen molar-refractivity contribution in [2.24, 2.45) is 0 Å². The van der Waals surface area contributed by atoms with Crippen molar-refractivity contribution in [3.8, 4) is 5.75 Å². The van der Waals surface area contributed by atoms with E-state index in [0.29, 0.717) is 22.9 Å². The summed E-state index contributed by atoms with van der Waals surface area (Å²) in [4.78, 5) is 13.2. The average Bonchev–Trinajstić information content (AvgIpc) is 2.69. The number of halogens is 3. The first-order chi connectivity index (χ1) is 9.35. The molecule has 0 bridgehead atoms. The van der Waals surface area contributed by atoms with Crippen LogP contribution in [0.4, 0.5) is 18.0 Å². The summed E-state index contributed by atoms with van der Waals surface area (Å²) in [7, 11) is 0. The number of rotatable bonds is 4. The van der Waals surface area contributed by atoms with Gasteiger partial charge >= 0.3 is 12.5 Å². The highest BCUT2D eigenvalue weighted by molar-refractivity contribution is 5.84. The number of nitrogens with one attached hydrogen (secondary N) is 2. The molecular formula is C12H11F3N2O3. The predicted molar refractivity (Wildman–Crippen MR) is 64.7 cm³/mol. The molecule has 1 amide bonds. The fraction of sp³-hybridized carbons (Fsp3) is 0.250. The lowest BCUT2D eigenvalue weighted by Crippen LogP contribution is -2.23. The third-order valence-electron chi connectivity index (χ3n) is 2.64. The van der Waals surface area contributed by atoms with E-state index in [4.69, 9.17) is 5.11 Å². The van der Waals surface area contributed by atoms with E-state index in [1.807, 2.05) is 0 Å². The molecule has 0 atom stereocenters. The van der Waals surface area contributed by atoms with Crippen LogP contribution in [-0.4, -0.2) is 29.1 Å². The standard InChI is InChI=1S/C12H11F3N2O3/c13-12(14,15)20-8-1-2-10-9(5-8)7(6-17-10)3-4-16-11(18)19/h1-2,5-6,16-17H,3-4H2,(H,18,19). The van der Waals surface area contributed by atoms with Crippen LogP contribution < -0.4 is 10.1 Å². The van der Waals surface area contributed by atoms with Gasteiger partial charge in [-0.1, -0.05) is 0 Å². The molecule has 1 aromatic heterocycles. The van der Waals surface area contributed by atoms with E-state index in [1.165, 1.54) is 18.2 Å². The van der Waals surface area contributed by atoms with Crippen LogP contribution in [0, 0.1) is 0 Å². The lowest BCUT2D eigenvalue weighted by atomic mass is 10.1. The number of benzene rings is 1. The SMILES string of the molecule is O=C(O)NCCc1c[nH]c2ccc(OC(F)(F)F)cc12. The Kier molecular flexibility index (Phi) is 3.73. The number of aromatic amines is 1. The van der Waals surface area contributed by atoms with E-state index in [-0.39, 0.29) is 12.3 Å². The molecule has 0 unspecified atom stereocenters. The van der Waals surface area contributed by atoms with E-state index in [0.717, 1.165) is 0 Å². The minimum atomic E-state index is -4.74. The van der Waals surface area contributed by atoms with Gasteiger partial charge < -0.3 is 20.1 Å². The highest BCUT2D eigenvalue weighted by Gasteiger charge is 2.31. The average molecular weight is 288 g/mol. The second kappa shape index (κ2) is 5.32. The molecule has 108 valence electrons. The highest BCUT2D eigenvalue weighted by Crippen LogP contribution is 2.28. The molecule has 0 spiro atoms. The van der Waals surface area contributed by atoms with E-state index in [1.54, 1.807) is 6.20 Å². The summed E-state index contributed by atoms with van der Waals surface area (Å²) in [6.07, 6.45) is -3.89. The van der Waals surface area contributed by atoms with Gasteiger partial charge in [0.25, 0.3) is 0 Å². The summed E-state index contributed by atoms with van der Waals surface area (Å²) < 4.78 is 40.3. The van der Waals surface area contributed by atoms with Gasteiger partial charge in [-0.3, -0.25) is 0 Å². The lowest BCUT2D eigenvalue weighted by molar-refractivity contribution is -0.274. The first kappa shape index (κ1) is 14.0. The van der Waals surface area contributed by atoms with Crippen molar-refractivity contribution in [2.45, 2.75) is 12.8 Å². The molecular weight excluding hydrogens is 277 g/mol. The van der Waals surface area contributed by atoms with Gasteiger partial charge in [-0.2, -0.15) is 0 Å². The van der Waals surface area contributed by atoms with Gasteiger partial charge in [-0.25, -0.2) is 4.79 Å². The van der Waals surface area contributed by atoms with Crippen LogP contribution >= 0.6 is 0 Å². The van der Waals surface area contributed by atoms with Crippen molar-refractivity contribution in [3.05, 3.63) is 30.0 Å². The Hall–Kier alpha value is -2.38. The van der Waals surface area contributed by atoms with Crippen molar-refractivity contribution in [3.63, 3.8) is 0 Å². The molecule has 1 heterocycles. The number of hydrogen-bond acceptors (Lipinski definition) is 2. The van der Waals surface area contributed by atoms with E-state index in [2.05, 4.69) is 15.0 Å². The number of carboxylic acid groups (broad SMARTS) is 1. The summed E-state index contributed by atoms with van der Waals surface area (Å²) in [6, 6.07) is 3.96. The highest BCUT2D eigenvalue weighted by atomic mass is 19.4. The molecule has 0 aliphatic rings. The molecule has 0 radical (unpaired) electrons. The summed E-state index contributed by atoms with van der Waals surface area (Å²) in [5, 5.41) is 11.2. The lowest BCUT2D eigenvalue weighted by Gasteiger charge is -2.09. The Balaban J connectivity index is 2.19. The second-order valence-corrected chi connectivity index (χ2v) is 4.05. The van der Waals surface area contributed by atoms with Crippen LogP contribution in [0.1, 0.15) is 5.56 Å². The fourth-order valence-corrected chi connectivity index (χ4v) is 1.87. The molecule has 3 N–H and O–H groups in total. The van der Waals surface area contributed by atoms with Gasteiger partial charge in [0.15, 0.2) is 0 Å². The van der Waals surface area contributed by atoms with E-state index >= 15 is 0 Å². The number of carbonyl (C=O) groups is 1. The number of amides is 1. The van der Waals surface area contributed by atoms with Gasteiger partial charge in [-0.15, -0.1) is 13.2 Å². The first-order valence-corrected chi connectivity index (χ1v) is 5.68. The van der Waals surface area contributed by atoms with Crippen molar-refractivity contribution in [1.29, 1.82) is 0 Å². The molecule has 0 fully saturated rings. The molecule has 20 heavy (non-hydrogen) atoms. The summed E-state index contributed by atoms with van der Waals surface area (Å²) in [5.74, 6) is -0.308. The van der Waals surface area contributed by atoms with Crippen LogP contribution in [0.25, 0.3) is 10.9 Å². The van der Waals surface area contributed by atoms with E-state index < -0.39 is 12.5 Å². The number of hydrogen-bond donors (Lipinski definition) is 3. The Morgan fingerprint density at radius 2 is 2.15 bits per heavy atom. The minimum Gasteiger partial charge on any atom is -0.465 e. The van der Waals surface area contributed by atoms with Crippen LogP contribution in [-0.2, 0) is 6.42 Å². The van der Waals surface area contributed by atoms with Crippen LogP contribution in [0.5, 0.6) is 5.75 Å². The summed E-state index contributed by atoms with van der Waals surface area (Å²) >= 11 is 0. The van der Waals surface area contributed by atoms with Crippen LogP contribution in [0.15, 0.2) is 24.4 Å². The quantitative estimate of drug-likeness (QED) is 0.809. The van der Waals surface area contributed by atoms with Crippen molar-refractivity contribution in [1.82, 2.24) is 10.3 Å². The number of fused-ring (bicyclic) bond motifs is 1. The number of H-pyrrole nitrogens is 1. The molecule has 0 saturated carbocycles. The van der Waals surface area contributed by atoms with Crippen LogP contribution in [0.2, 0.25) is 0 Å². The largest absolute Gasteiger partial charge is 0.573 e. The summed E-state index contributed by atoms with van der Waals surface area (Å²) in [6.45, 7) is 0.173. The zero-order valence-electron chi connectivity index (χ0n) is 10.1. The van der Waals surface area contributed by atoms with Gasteiger partial charge in [0.1, 0.15) is 5.75 Å². The molecule has 0 aliphatic carbocycles. The molecule has 1 aromatic carbocycles. The Morgan fingerprint density at radius 1 is 1.40 bits per heavy atom. The second-order valence-electron chi connectivity index (χ2n) is 4.05. The fourth-order valence-electron chi connectivity index (χ4n) is 1.87. The maximum atomic E-state index is 12.2. The third kappa shape index (κ3) is 3.56. The zero-order valence-corrected chi connectivity index (χ0v) is 10.1. The maximum absolute atomic E-state index is 12.2. The predicted octanol–water partition coefficient (Wildman–Crippen LogP) is 2.88. The molecule has 0 saturated heterocycles. The smallest absolute Gasteiger partial charge is 0.465 e. The van der Waals surface area contributed by atoms with Crippen molar-refractivity contribution >= 4 is 17.0 Å². The number of aromatic nitrogens is 1.